The van der Waals surface area contributed by atoms with Gasteiger partial charge < -0.3 is 0 Å². The van der Waals surface area contributed by atoms with Crippen LogP contribution in [0.1, 0.15) is 18.1 Å². The van der Waals surface area contributed by atoms with Crippen LogP contribution >= 0.6 is 12.2 Å². The molecule has 0 atom stereocenters. The van der Waals surface area contributed by atoms with E-state index >= 15 is 0 Å². The number of benzene rings is 2. The van der Waals surface area contributed by atoms with Gasteiger partial charge in [0, 0.05) is 5.56 Å². The Labute approximate surface area is 129 Å². The zero-order chi connectivity index (χ0) is 14.7. The molecule has 0 amide bonds. The average molecular weight is 295 g/mol. The van der Waals surface area contributed by atoms with Gasteiger partial charge in [0.15, 0.2) is 10.6 Å². The Balaban J connectivity index is 1.95. The highest BCUT2D eigenvalue weighted by molar-refractivity contribution is 7.71. The van der Waals surface area contributed by atoms with E-state index in [4.69, 9.17) is 12.2 Å². The van der Waals surface area contributed by atoms with E-state index in [1.165, 1.54) is 11.1 Å². The molecule has 0 unspecified atom stereocenters. The minimum absolute atomic E-state index is 0.647. The van der Waals surface area contributed by atoms with Crippen LogP contribution in [0.4, 0.5) is 0 Å². The molecule has 0 saturated heterocycles. The van der Waals surface area contributed by atoms with Crippen molar-refractivity contribution in [2.45, 2.75) is 19.9 Å². The van der Waals surface area contributed by atoms with E-state index in [9.17, 15) is 0 Å². The van der Waals surface area contributed by atoms with Crippen molar-refractivity contribution < 1.29 is 0 Å². The predicted molar refractivity (Wildman–Crippen MR) is 87.8 cm³/mol. The van der Waals surface area contributed by atoms with Crippen LogP contribution < -0.4 is 0 Å². The second-order valence-corrected chi connectivity index (χ2v) is 5.36. The van der Waals surface area contributed by atoms with Gasteiger partial charge in [0.05, 0.1) is 6.54 Å². The molecule has 1 N–H and O–H groups in total. The van der Waals surface area contributed by atoms with Crippen molar-refractivity contribution in [1.29, 1.82) is 0 Å². The minimum atomic E-state index is 0.647. The van der Waals surface area contributed by atoms with Crippen LogP contribution in [-0.4, -0.2) is 14.8 Å². The maximum Gasteiger partial charge on any atom is 0.195 e. The molecule has 2 aromatic carbocycles. The number of aryl methyl sites for hydroxylation is 1. The number of aromatic nitrogens is 3. The van der Waals surface area contributed by atoms with Crippen molar-refractivity contribution in [2.24, 2.45) is 0 Å². The van der Waals surface area contributed by atoms with Crippen molar-refractivity contribution in [2.75, 3.05) is 0 Å². The van der Waals surface area contributed by atoms with Crippen LogP contribution in [0, 0.1) is 4.77 Å². The monoisotopic (exact) mass is 295 g/mol. The van der Waals surface area contributed by atoms with Crippen molar-refractivity contribution in [3.63, 3.8) is 0 Å². The van der Waals surface area contributed by atoms with Gasteiger partial charge in [-0.25, -0.2) is 0 Å². The van der Waals surface area contributed by atoms with E-state index < -0.39 is 0 Å². The highest BCUT2D eigenvalue weighted by Crippen LogP contribution is 2.18. The molecule has 0 aliphatic heterocycles. The summed E-state index contributed by atoms with van der Waals surface area (Å²) in [4.78, 5) is 0. The second kappa shape index (κ2) is 6.06. The van der Waals surface area contributed by atoms with Crippen LogP contribution in [0.5, 0.6) is 0 Å². The summed E-state index contributed by atoms with van der Waals surface area (Å²) in [6, 6.07) is 18.7. The maximum atomic E-state index is 5.37. The molecule has 21 heavy (non-hydrogen) atoms. The van der Waals surface area contributed by atoms with Gasteiger partial charge in [-0.1, -0.05) is 61.5 Å². The third kappa shape index (κ3) is 2.95. The zero-order valence-corrected chi connectivity index (χ0v) is 12.7. The third-order valence-corrected chi connectivity index (χ3v) is 3.87. The Morgan fingerprint density at radius 1 is 1.00 bits per heavy atom. The van der Waals surface area contributed by atoms with E-state index in [2.05, 4.69) is 41.4 Å². The van der Waals surface area contributed by atoms with Gasteiger partial charge in [0.1, 0.15) is 0 Å². The molecule has 1 aromatic heterocycles. The highest BCUT2D eigenvalue weighted by Gasteiger charge is 2.08. The summed E-state index contributed by atoms with van der Waals surface area (Å²) in [6.45, 7) is 2.89. The van der Waals surface area contributed by atoms with E-state index in [1.54, 1.807) is 0 Å². The van der Waals surface area contributed by atoms with Gasteiger partial charge in [-0.3, -0.25) is 9.67 Å². The van der Waals surface area contributed by atoms with Crippen LogP contribution in [0.15, 0.2) is 54.6 Å². The van der Waals surface area contributed by atoms with Crippen LogP contribution in [0.25, 0.3) is 11.4 Å². The van der Waals surface area contributed by atoms with Gasteiger partial charge in [-0.2, -0.15) is 5.10 Å². The molecule has 3 nitrogen and oxygen atoms in total. The molecule has 0 radical (unpaired) electrons. The first-order valence-corrected chi connectivity index (χ1v) is 7.47. The van der Waals surface area contributed by atoms with E-state index in [1.807, 2.05) is 34.9 Å². The van der Waals surface area contributed by atoms with E-state index in [0.29, 0.717) is 4.77 Å². The lowest BCUT2D eigenvalue weighted by molar-refractivity contribution is 0.790. The smallest absolute Gasteiger partial charge is 0.195 e. The highest BCUT2D eigenvalue weighted by atomic mass is 32.1. The standard InChI is InChI=1S/C17H17N3S/c1-2-13-8-10-14(11-9-13)12-20-16(18-19-17(20)21)15-6-4-3-5-7-15/h3-11H,2,12H2,1H3,(H,19,21). The molecule has 3 rings (SSSR count). The van der Waals surface area contributed by atoms with Gasteiger partial charge in [-0.15, -0.1) is 0 Å². The van der Waals surface area contributed by atoms with Crippen LogP contribution in [-0.2, 0) is 13.0 Å². The van der Waals surface area contributed by atoms with Gasteiger partial charge >= 0.3 is 0 Å². The Morgan fingerprint density at radius 3 is 2.33 bits per heavy atom. The van der Waals surface area contributed by atoms with Crippen LogP contribution in [0.3, 0.4) is 0 Å². The number of nitrogens with one attached hydrogen (secondary N) is 1. The molecule has 0 fully saturated rings. The molecule has 3 aromatic rings. The SMILES string of the molecule is CCc1ccc(Cn2c(-c3ccccc3)n[nH]c2=S)cc1. The summed E-state index contributed by atoms with van der Waals surface area (Å²) in [5.41, 5.74) is 3.63. The number of aromatic amines is 1. The van der Waals surface area contributed by atoms with Crippen LogP contribution in [0.2, 0.25) is 0 Å². The minimum Gasteiger partial charge on any atom is -0.296 e. The fourth-order valence-corrected chi connectivity index (χ4v) is 2.53. The van der Waals surface area contributed by atoms with Crippen molar-refractivity contribution in [1.82, 2.24) is 14.8 Å². The van der Waals surface area contributed by atoms with E-state index in [-0.39, 0.29) is 0 Å². The number of H-pyrrole nitrogens is 1. The molecule has 4 heteroatoms. The molecule has 0 saturated carbocycles. The molecule has 0 bridgehead atoms. The first-order chi connectivity index (χ1) is 10.3. The molecular formula is C17H17N3S. The Morgan fingerprint density at radius 2 is 1.67 bits per heavy atom. The lowest BCUT2D eigenvalue weighted by atomic mass is 10.1. The number of nitrogens with zero attached hydrogens (tertiary/aromatic N) is 2. The van der Waals surface area contributed by atoms with Gasteiger partial charge in [0.25, 0.3) is 0 Å². The first kappa shape index (κ1) is 13.8. The summed E-state index contributed by atoms with van der Waals surface area (Å²) in [6.07, 6.45) is 1.06. The fourth-order valence-electron chi connectivity index (χ4n) is 2.33. The van der Waals surface area contributed by atoms with E-state index in [0.717, 1.165) is 24.4 Å². The van der Waals surface area contributed by atoms with Crippen molar-refractivity contribution >= 4 is 12.2 Å². The second-order valence-electron chi connectivity index (χ2n) is 4.97. The summed E-state index contributed by atoms with van der Waals surface area (Å²) in [5, 5.41) is 7.26. The zero-order valence-electron chi connectivity index (χ0n) is 11.9. The molecular weight excluding hydrogens is 278 g/mol. The van der Waals surface area contributed by atoms with Gasteiger partial charge in [0.2, 0.25) is 0 Å². The molecule has 106 valence electrons. The first-order valence-electron chi connectivity index (χ1n) is 7.06. The predicted octanol–water partition coefficient (Wildman–Crippen LogP) is 4.22. The Hall–Kier alpha value is -2.20. The normalized spacial score (nSPS) is 10.7. The summed E-state index contributed by atoms with van der Waals surface area (Å²) in [7, 11) is 0. The van der Waals surface area contributed by atoms with Gasteiger partial charge in [-0.05, 0) is 29.8 Å². The quantitative estimate of drug-likeness (QED) is 0.731. The Bertz CT molecular complexity index is 770. The molecule has 1 heterocycles. The topological polar surface area (TPSA) is 33.6 Å². The third-order valence-electron chi connectivity index (χ3n) is 3.56. The molecule has 0 aliphatic rings. The number of hydrogen-bond donors (Lipinski definition) is 1. The summed E-state index contributed by atoms with van der Waals surface area (Å²) in [5.74, 6) is 0.875. The maximum absolute atomic E-state index is 5.37. The summed E-state index contributed by atoms with van der Waals surface area (Å²) >= 11 is 5.37. The number of rotatable bonds is 4. The number of hydrogen-bond acceptors (Lipinski definition) is 2. The fraction of sp³-hybridized carbons (Fsp3) is 0.176. The van der Waals surface area contributed by atoms with Crippen molar-refractivity contribution in [3.05, 3.63) is 70.5 Å². The lowest BCUT2D eigenvalue weighted by Crippen LogP contribution is -2.02. The summed E-state index contributed by atoms with van der Waals surface area (Å²) < 4.78 is 2.68. The largest absolute Gasteiger partial charge is 0.296 e. The lowest BCUT2D eigenvalue weighted by Gasteiger charge is -2.08. The van der Waals surface area contributed by atoms with Crippen molar-refractivity contribution in [3.8, 4) is 11.4 Å². The molecule has 0 aliphatic carbocycles. The Kier molecular flexibility index (Phi) is 3.97. The average Bonchev–Trinajstić information content (AvgIpc) is 2.90. The molecule has 0 spiro atoms.